The summed E-state index contributed by atoms with van der Waals surface area (Å²) in [6.45, 7) is 3.72. The average molecular weight is 228 g/mol. The number of rotatable bonds is 3. The highest BCUT2D eigenvalue weighted by molar-refractivity contribution is 4.82. The van der Waals surface area contributed by atoms with Crippen molar-refractivity contribution in [3.05, 3.63) is 0 Å². The van der Waals surface area contributed by atoms with Crippen LogP contribution in [0.3, 0.4) is 0 Å². The molecule has 4 heteroatoms. The van der Waals surface area contributed by atoms with Crippen LogP contribution in [0, 0.1) is 0 Å². The van der Waals surface area contributed by atoms with Gasteiger partial charge in [-0.15, -0.1) is 0 Å². The van der Waals surface area contributed by atoms with Crippen LogP contribution in [0.1, 0.15) is 25.7 Å². The third-order valence-electron chi connectivity index (χ3n) is 3.68. The molecule has 0 aromatic heterocycles. The van der Waals surface area contributed by atoms with Crippen molar-refractivity contribution in [2.45, 2.75) is 43.9 Å². The number of morpholine rings is 1. The summed E-state index contributed by atoms with van der Waals surface area (Å²) in [4.78, 5) is 2.30. The Bertz CT molecular complexity index is 213. The first kappa shape index (κ1) is 12.3. The summed E-state index contributed by atoms with van der Waals surface area (Å²) in [5, 5.41) is 13.3. The predicted molar refractivity (Wildman–Crippen MR) is 63.5 cm³/mol. The number of hydrogen-bond acceptors (Lipinski definition) is 4. The van der Waals surface area contributed by atoms with Crippen LogP contribution in [0.5, 0.6) is 0 Å². The Morgan fingerprint density at radius 3 is 2.94 bits per heavy atom. The second-order valence-electron chi connectivity index (χ2n) is 5.12. The fraction of sp³-hybridized carbons (Fsp3) is 1.00. The normalized spacial score (nSPS) is 37.5. The molecule has 0 bridgehead atoms. The Morgan fingerprint density at radius 1 is 1.38 bits per heavy atom. The van der Waals surface area contributed by atoms with Crippen molar-refractivity contribution in [1.82, 2.24) is 10.2 Å². The minimum atomic E-state index is -0.157. The molecule has 16 heavy (non-hydrogen) atoms. The van der Waals surface area contributed by atoms with E-state index in [0.717, 1.165) is 39.1 Å². The van der Waals surface area contributed by atoms with Crippen LogP contribution in [-0.4, -0.2) is 61.5 Å². The van der Waals surface area contributed by atoms with Gasteiger partial charge in [0.05, 0.1) is 18.8 Å². The molecule has 4 nitrogen and oxygen atoms in total. The van der Waals surface area contributed by atoms with Gasteiger partial charge < -0.3 is 20.1 Å². The summed E-state index contributed by atoms with van der Waals surface area (Å²) in [5.74, 6) is 0. The van der Waals surface area contributed by atoms with Crippen molar-refractivity contribution in [1.29, 1.82) is 0 Å². The Morgan fingerprint density at radius 2 is 2.19 bits per heavy atom. The van der Waals surface area contributed by atoms with Gasteiger partial charge in [-0.1, -0.05) is 12.8 Å². The second kappa shape index (κ2) is 5.96. The minimum absolute atomic E-state index is 0.157. The molecule has 94 valence electrons. The highest BCUT2D eigenvalue weighted by atomic mass is 16.5. The van der Waals surface area contributed by atoms with Crippen LogP contribution in [0.15, 0.2) is 0 Å². The summed E-state index contributed by atoms with van der Waals surface area (Å²) >= 11 is 0. The van der Waals surface area contributed by atoms with E-state index in [1.54, 1.807) is 0 Å². The zero-order valence-electron chi connectivity index (χ0n) is 10.2. The summed E-state index contributed by atoms with van der Waals surface area (Å²) in [5.41, 5.74) is 0. The molecule has 2 N–H and O–H groups in total. The first-order chi connectivity index (χ1) is 7.75. The quantitative estimate of drug-likeness (QED) is 0.725. The van der Waals surface area contributed by atoms with Crippen molar-refractivity contribution >= 4 is 0 Å². The molecule has 0 aromatic rings. The number of nitrogens with zero attached hydrogens (tertiary/aromatic N) is 1. The lowest BCUT2D eigenvalue weighted by molar-refractivity contribution is -0.0231. The molecule has 3 atom stereocenters. The molecule has 1 aliphatic carbocycles. The van der Waals surface area contributed by atoms with Gasteiger partial charge in [-0.05, 0) is 19.9 Å². The summed E-state index contributed by atoms with van der Waals surface area (Å²) in [6.07, 6.45) is 4.58. The minimum Gasteiger partial charge on any atom is -0.392 e. The van der Waals surface area contributed by atoms with E-state index >= 15 is 0 Å². The molecule has 0 radical (unpaired) electrons. The van der Waals surface area contributed by atoms with Crippen LogP contribution in [0.2, 0.25) is 0 Å². The van der Waals surface area contributed by atoms with Crippen molar-refractivity contribution < 1.29 is 9.84 Å². The van der Waals surface area contributed by atoms with Gasteiger partial charge in [-0.25, -0.2) is 0 Å². The van der Waals surface area contributed by atoms with Gasteiger partial charge in [0.25, 0.3) is 0 Å². The van der Waals surface area contributed by atoms with E-state index in [2.05, 4.69) is 17.3 Å². The van der Waals surface area contributed by atoms with E-state index in [9.17, 15) is 5.11 Å². The fourth-order valence-corrected chi connectivity index (χ4v) is 2.62. The Kier molecular flexibility index (Phi) is 4.58. The SMILES string of the molecule is CN1CCOC(CNC2CCCCC2O)C1. The Labute approximate surface area is 98.0 Å². The van der Waals surface area contributed by atoms with E-state index in [0.29, 0.717) is 0 Å². The largest absolute Gasteiger partial charge is 0.392 e. The molecule has 3 unspecified atom stereocenters. The Balaban J connectivity index is 1.69. The topological polar surface area (TPSA) is 44.7 Å². The number of aliphatic hydroxyl groups is 1. The van der Waals surface area contributed by atoms with Gasteiger partial charge >= 0.3 is 0 Å². The molecule has 0 spiro atoms. The summed E-state index contributed by atoms with van der Waals surface area (Å²) in [7, 11) is 2.13. The molecule has 1 heterocycles. The average Bonchev–Trinajstić information content (AvgIpc) is 2.28. The molecule has 2 aliphatic rings. The third kappa shape index (κ3) is 3.42. The van der Waals surface area contributed by atoms with Crippen molar-refractivity contribution in [2.75, 3.05) is 33.3 Å². The van der Waals surface area contributed by atoms with E-state index in [-0.39, 0.29) is 18.2 Å². The molecule has 1 aliphatic heterocycles. The first-order valence-corrected chi connectivity index (χ1v) is 6.47. The lowest BCUT2D eigenvalue weighted by Crippen LogP contribution is -2.50. The van der Waals surface area contributed by atoms with Gasteiger partial charge in [0.1, 0.15) is 0 Å². The van der Waals surface area contributed by atoms with Gasteiger partial charge in [-0.3, -0.25) is 0 Å². The molecular weight excluding hydrogens is 204 g/mol. The standard InChI is InChI=1S/C12H24N2O2/c1-14-6-7-16-10(9-14)8-13-11-4-2-3-5-12(11)15/h10-13,15H,2-9H2,1H3. The molecular formula is C12H24N2O2. The summed E-state index contributed by atoms with van der Waals surface area (Å²) < 4.78 is 5.69. The maximum atomic E-state index is 9.84. The number of hydrogen-bond donors (Lipinski definition) is 2. The van der Waals surface area contributed by atoms with Crippen LogP contribution < -0.4 is 5.32 Å². The predicted octanol–water partition coefficient (Wildman–Crippen LogP) is 0.210. The van der Waals surface area contributed by atoms with E-state index in [1.807, 2.05) is 0 Å². The van der Waals surface area contributed by atoms with Crippen LogP contribution in [-0.2, 0) is 4.74 Å². The molecule has 0 aromatic carbocycles. The van der Waals surface area contributed by atoms with Gasteiger partial charge in [0.2, 0.25) is 0 Å². The third-order valence-corrected chi connectivity index (χ3v) is 3.68. The lowest BCUT2D eigenvalue weighted by atomic mass is 9.92. The van der Waals surface area contributed by atoms with Crippen molar-refractivity contribution in [3.8, 4) is 0 Å². The van der Waals surface area contributed by atoms with Gasteiger partial charge in [0, 0.05) is 25.7 Å². The van der Waals surface area contributed by atoms with E-state index in [4.69, 9.17) is 4.74 Å². The molecule has 1 saturated heterocycles. The van der Waals surface area contributed by atoms with Gasteiger partial charge in [-0.2, -0.15) is 0 Å². The smallest absolute Gasteiger partial charge is 0.0826 e. The lowest BCUT2D eigenvalue weighted by Gasteiger charge is -2.33. The summed E-state index contributed by atoms with van der Waals surface area (Å²) in [6, 6.07) is 0.282. The van der Waals surface area contributed by atoms with Crippen molar-refractivity contribution in [2.24, 2.45) is 0 Å². The van der Waals surface area contributed by atoms with Crippen LogP contribution in [0.4, 0.5) is 0 Å². The zero-order chi connectivity index (χ0) is 11.4. The number of nitrogens with one attached hydrogen (secondary N) is 1. The number of ether oxygens (including phenoxy) is 1. The highest BCUT2D eigenvalue weighted by Crippen LogP contribution is 2.18. The van der Waals surface area contributed by atoms with Gasteiger partial charge in [0.15, 0.2) is 0 Å². The molecule has 2 rings (SSSR count). The maximum absolute atomic E-state index is 9.84. The molecule has 0 amide bonds. The highest BCUT2D eigenvalue weighted by Gasteiger charge is 2.24. The number of aliphatic hydroxyl groups excluding tert-OH is 1. The maximum Gasteiger partial charge on any atom is 0.0826 e. The van der Waals surface area contributed by atoms with Crippen LogP contribution >= 0.6 is 0 Å². The molecule has 1 saturated carbocycles. The molecule has 2 fully saturated rings. The van der Waals surface area contributed by atoms with E-state index < -0.39 is 0 Å². The number of likely N-dealkylation sites (N-methyl/N-ethyl adjacent to an activating group) is 1. The first-order valence-electron chi connectivity index (χ1n) is 6.47. The second-order valence-corrected chi connectivity index (χ2v) is 5.12. The Hall–Kier alpha value is -0.160. The van der Waals surface area contributed by atoms with E-state index in [1.165, 1.54) is 12.8 Å². The fourth-order valence-electron chi connectivity index (χ4n) is 2.62. The van der Waals surface area contributed by atoms with Crippen molar-refractivity contribution in [3.63, 3.8) is 0 Å². The monoisotopic (exact) mass is 228 g/mol. The van der Waals surface area contributed by atoms with Crippen LogP contribution in [0.25, 0.3) is 0 Å². The zero-order valence-corrected chi connectivity index (χ0v) is 10.2.